The Hall–Kier alpha value is -3.26. The summed E-state index contributed by atoms with van der Waals surface area (Å²) in [7, 11) is 0. The number of guanidine groups is 1. The lowest BCUT2D eigenvalue weighted by molar-refractivity contribution is -0.119. The SMILES string of the molecule is CC(=O)NCc1ccc(C(=O)NC(=NCC2CCCO2)Nc2cccc(F)c2)cc1. The molecule has 1 heterocycles. The number of benzene rings is 2. The molecule has 2 aromatic carbocycles. The topological polar surface area (TPSA) is 91.8 Å². The summed E-state index contributed by atoms with van der Waals surface area (Å²) in [6, 6.07) is 12.8. The lowest BCUT2D eigenvalue weighted by Crippen LogP contribution is -2.36. The molecule has 158 valence electrons. The van der Waals surface area contributed by atoms with Crippen LogP contribution in [0.2, 0.25) is 0 Å². The number of nitrogens with zero attached hydrogens (tertiary/aromatic N) is 1. The minimum absolute atomic E-state index is 0.0132. The van der Waals surface area contributed by atoms with Gasteiger partial charge in [-0.05, 0) is 48.7 Å². The third-order valence-corrected chi connectivity index (χ3v) is 4.55. The first-order valence-electron chi connectivity index (χ1n) is 9.83. The molecule has 1 aliphatic heterocycles. The van der Waals surface area contributed by atoms with Crippen molar-refractivity contribution in [2.45, 2.75) is 32.4 Å². The van der Waals surface area contributed by atoms with E-state index in [9.17, 15) is 14.0 Å². The number of nitrogens with one attached hydrogen (secondary N) is 3. The molecular weight excluding hydrogens is 387 g/mol. The Labute approximate surface area is 174 Å². The number of carbonyl (C=O) groups is 2. The maximum Gasteiger partial charge on any atom is 0.257 e. The zero-order chi connectivity index (χ0) is 21.3. The number of halogens is 1. The largest absolute Gasteiger partial charge is 0.376 e. The van der Waals surface area contributed by atoms with Crippen molar-refractivity contribution in [1.82, 2.24) is 10.6 Å². The average Bonchev–Trinajstić information content (AvgIpc) is 3.24. The normalized spacial score (nSPS) is 16.2. The second-order valence-corrected chi connectivity index (χ2v) is 7.02. The lowest BCUT2D eigenvalue weighted by Gasteiger charge is -2.13. The van der Waals surface area contributed by atoms with Crippen LogP contribution in [0.4, 0.5) is 10.1 Å². The van der Waals surface area contributed by atoms with E-state index in [1.807, 2.05) is 0 Å². The molecule has 0 spiro atoms. The number of rotatable bonds is 6. The molecule has 0 saturated carbocycles. The standard InChI is InChI=1S/C22H25FN4O3/c1-15(28)24-13-16-7-9-17(10-8-16)21(29)27-22(25-14-20-6-3-11-30-20)26-19-5-2-4-18(23)12-19/h2,4-5,7-10,12,20H,3,6,11,13-14H2,1H3,(H,24,28)(H2,25,26,27,29). The minimum Gasteiger partial charge on any atom is -0.376 e. The highest BCUT2D eigenvalue weighted by Crippen LogP contribution is 2.13. The Morgan fingerprint density at radius 2 is 2.00 bits per heavy atom. The molecular formula is C22H25FN4O3. The van der Waals surface area contributed by atoms with Crippen molar-refractivity contribution < 1.29 is 18.7 Å². The van der Waals surface area contributed by atoms with E-state index < -0.39 is 0 Å². The van der Waals surface area contributed by atoms with Gasteiger partial charge >= 0.3 is 0 Å². The molecule has 8 heteroatoms. The summed E-state index contributed by atoms with van der Waals surface area (Å²) in [6.07, 6.45) is 1.92. The number of ether oxygens (including phenoxy) is 1. The van der Waals surface area contributed by atoms with Crippen LogP contribution >= 0.6 is 0 Å². The fraction of sp³-hybridized carbons (Fsp3) is 0.318. The molecule has 30 heavy (non-hydrogen) atoms. The monoisotopic (exact) mass is 412 g/mol. The van der Waals surface area contributed by atoms with Crippen molar-refractivity contribution in [2.75, 3.05) is 18.5 Å². The first-order chi connectivity index (χ1) is 14.5. The first-order valence-corrected chi connectivity index (χ1v) is 9.83. The Kier molecular flexibility index (Phi) is 7.51. The van der Waals surface area contributed by atoms with Crippen LogP contribution in [0.25, 0.3) is 0 Å². The molecule has 1 aliphatic rings. The van der Waals surface area contributed by atoms with Gasteiger partial charge in [-0.2, -0.15) is 0 Å². The molecule has 1 atom stereocenters. The molecule has 1 fully saturated rings. The molecule has 7 nitrogen and oxygen atoms in total. The number of hydrogen-bond donors (Lipinski definition) is 3. The van der Waals surface area contributed by atoms with Crippen molar-refractivity contribution in [3.63, 3.8) is 0 Å². The van der Waals surface area contributed by atoms with Crippen LogP contribution in [0.3, 0.4) is 0 Å². The van der Waals surface area contributed by atoms with Crippen molar-refractivity contribution in [3.8, 4) is 0 Å². The minimum atomic E-state index is -0.389. The van der Waals surface area contributed by atoms with Crippen LogP contribution in [-0.2, 0) is 16.1 Å². The molecule has 0 aliphatic carbocycles. The Bertz CT molecular complexity index is 909. The third-order valence-electron chi connectivity index (χ3n) is 4.55. The fourth-order valence-corrected chi connectivity index (χ4v) is 2.97. The van der Waals surface area contributed by atoms with Gasteiger partial charge in [-0.3, -0.25) is 14.9 Å². The Morgan fingerprint density at radius 1 is 1.20 bits per heavy atom. The van der Waals surface area contributed by atoms with E-state index in [2.05, 4.69) is 20.9 Å². The van der Waals surface area contributed by atoms with Crippen molar-refractivity contribution in [3.05, 3.63) is 65.5 Å². The summed E-state index contributed by atoms with van der Waals surface area (Å²) in [5.41, 5.74) is 1.80. The van der Waals surface area contributed by atoms with Gasteiger partial charge in [0.2, 0.25) is 11.9 Å². The van der Waals surface area contributed by atoms with Crippen LogP contribution < -0.4 is 16.0 Å². The van der Waals surface area contributed by atoms with Gasteiger partial charge in [0.15, 0.2) is 0 Å². The van der Waals surface area contributed by atoms with Crippen LogP contribution in [0.5, 0.6) is 0 Å². The zero-order valence-electron chi connectivity index (χ0n) is 16.8. The average molecular weight is 412 g/mol. The summed E-state index contributed by atoms with van der Waals surface area (Å²) in [5, 5.41) is 8.42. The predicted octanol–water partition coefficient (Wildman–Crippen LogP) is 2.84. The molecule has 3 rings (SSSR count). The molecule has 3 N–H and O–H groups in total. The summed E-state index contributed by atoms with van der Waals surface area (Å²) >= 11 is 0. The summed E-state index contributed by atoms with van der Waals surface area (Å²) in [4.78, 5) is 28.1. The van der Waals surface area contributed by atoms with E-state index in [1.165, 1.54) is 19.1 Å². The number of aliphatic imine (C=N–C) groups is 1. The highest BCUT2D eigenvalue weighted by atomic mass is 19.1. The number of amides is 2. The second-order valence-electron chi connectivity index (χ2n) is 7.02. The predicted molar refractivity (Wildman–Crippen MR) is 113 cm³/mol. The number of carbonyl (C=O) groups excluding carboxylic acids is 2. The summed E-state index contributed by atoms with van der Waals surface area (Å²) in [6.45, 7) is 2.95. The van der Waals surface area contributed by atoms with Crippen molar-refractivity contribution in [2.24, 2.45) is 4.99 Å². The van der Waals surface area contributed by atoms with E-state index >= 15 is 0 Å². The first kappa shape index (κ1) is 21.4. The van der Waals surface area contributed by atoms with Gasteiger partial charge in [0.25, 0.3) is 5.91 Å². The van der Waals surface area contributed by atoms with Gasteiger partial charge in [0.1, 0.15) is 5.82 Å². The molecule has 0 bridgehead atoms. The van der Waals surface area contributed by atoms with Crippen LogP contribution in [0, 0.1) is 5.82 Å². The maximum atomic E-state index is 13.5. The third kappa shape index (κ3) is 6.66. The van der Waals surface area contributed by atoms with Crippen LogP contribution in [0.1, 0.15) is 35.7 Å². The molecule has 2 amide bonds. The van der Waals surface area contributed by atoms with Gasteiger partial charge < -0.3 is 15.4 Å². The molecule has 0 radical (unpaired) electrons. The van der Waals surface area contributed by atoms with E-state index in [4.69, 9.17) is 4.74 Å². The number of hydrogen-bond acceptors (Lipinski definition) is 4. The lowest BCUT2D eigenvalue weighted by atomic mass is 10.1. The van der Waals surface area contributed by atoms with Gasteiger partial charge in [0.05, 0.1) is 12.6 Å². The Morgan fingerprint density at radius 3 is 2.67 bits per heavy atom. The van der Waals surface area contributed by atoms with E-state index in [-0.39, 0.29) is 29.7 Å². The van der Waals surface area contributed by atoms with E-state index in [1.54, 1.807) is 36.4 Å². The van der Waals surface area contributed by atoms with E-state index in [0.717, 1.165) is 18.4 Å². The highest BCUT2D eigenvalue weighted by molar-refractivity contribution is 6.09. The smallest absolute Gasteiger partial charge is 0.257 e. The van der Waals surface area contributed by atoms with Crippen LogP contribution in [-0.4, -0.2) is 37.0 Å². The fourth-order valence-electron chi connectivity index (χ4n) is 2.97. The number of anilines is 1. The van der Waals surface area contributed by atoms with Gasteiger partial charge in [-0.15, -0.1) is 0 Å². The summed E-state index contributed by atoms with van der Waals surface area (Å²) < 4.78 is 19.1. The molecule has 1 saturated heterocycles. The van der Waals surface area contributed by atoms with Crippen molar-refractivity contribution in [1.29, 1.82) is 0 Å². The summed E-state index contributed by atoms with van der Waals surface area (Å²) in [5.74, 6) is -0.633. The highest BCUT2D eigenvalue weighted by Gasteiger charge is 2.16. The van der Waals surface area contributed by atoms with E-state index in [0.29, 0.717) is 30.9 Å². The van der Waals surface area contributed by atoms with Gasteiger partial charge in [0, 0.05) is 31.3 Å². The van der Waals surface area contributed by atoms with Gasteiger partial charge in [-0.25, -0.2) is 9.38 Å². The quantitative estimate of drug-likeness (QED) is 0.503. The molecule has 1 unspecified atom stereocenters. The van der Waals surface area contributed by atoms with Crippen LogP contribution in [0.15, 0.2) is 53.5 Å². The van der Waals surface area contributed by atoms with Gasteiger partial charge in [-0.1, -0.05) is 18.2 Å². The maximum absolute atomic E-state index is 13.5. The molecule has 2 aromatic rings. The Balaban J connectivity index is 1.68. The van der Waals surface area contributed by atoms with Crippen molar-refractivity contribution >= 4 is 23.5 Å². The second kappa shape index (κ2) is 10.5. The zero-order valence-corrected chi connectivity index (χ0v) is 16.8. The molecule has 0 aromatic heterocycles.